The standard InChI is InChI=1S/C24H22F3N2.C6H11.2H2O.Sc/c25-24(26,27)22-9-5-4-8-21(22)19-12-10-18(11-13-19)16-29-15-14-28-23(17-29)20-6-2-1-3-7-20;1-2-4-6-5-3-1;;;/h1-13,23H,14-17H2;1H,2-6H2;2*1H2;/q2*-1;;;. The average Bonchev–Trinajstić information content (AvgIpc) is 2.91. The van der Waals surface area contributed by atoms with E-state index in [9.17, 15) is 13.2 Å². The Labute approximate surface area is 243 Å². The zero-order valence-corrected chi connectivity index (χ0v) is 23.4. The molecule has 1 aliphatic heterocycles. The maximum atomic E-state index is 13.3. The minimum atomic E-state index is -4.36. The molecule has 8 heteroatoms. The van der Waals surface area contributed by atoms with Crippen LogP contribution in [0, 0.1) is 6.42 Å². The monoisotopic (exact) mass is 559 g/mol. The molecule has 0 spiro atoms. The molecule has 1 radical (unpaired) electrons. The molecule has 5 rings (SSSR count). The van der Waals surface area contributed by atoms with E-state index in [1.54, 1.807) is 18.2 Å². The summed E-state index contributed by atoms with van der Waals surface area (Å²) >= 11 is 0. The molecule has 0 bridgehead atoms. The largest absolute Gasteiger partial charge is 0.654 e. The van der Waals surface area contributed by atoms with Crippen molar-refractivity contribution >= 4 is 0 Å². The molecule has 2 aliphatic rings. The summed E-state index contributed by atoms with van der Waals surface area (Å²) in [6, 6.07) is 23.6. The number of hydrogen-bond donors (Lipinski definition) is 0. The van der Waals surface area contributed by atoms with Crippen LogP contribution < -0.4 is 0 Å². The first kappa shape index (κ1) is 34.2. The fourth-order valence-corrected chi connectivity index (χ4v) is 4.71. The van der Waals surface area contributed by atoms with Gasteiger partial charge in [-0.25, -0.2) is 0 Å². The Morgan fingerprint density at radius 1 is 0.816 bits per heavy atom. The van der Waals surface area contributed by atoms with Gasteiger partial charge in [-0.3, -0.25) is 0 Å². The second-order valence-corrected chi connectivity index (χ2v) is 9.23. The van der Waals surface area contributed by atoms with E-state index in [4.69, 9.17) is 5.32 Å². The number of piperazine rings is 1. The van der Waals surface area contributed by atoms with Crippen molar-refractivity contribution in [2.24, 2.45) is 0 Å². The fraction of sp³-hybridized carbons (Fsp3) is 0.367. The van der Waals surface area contributed by atoms with Crippen molar-refractivity contribution in [1.29, 1.82) is 0 Å². The van der Waals surface area contributed by atoms with Crippen LogP contribution >= 0.6 is 0 Å². The Morgan fingerprint density at radius 3 is 2.03 bits per heavy atom. The molecule has 1 saturated heterocycles. The first-order valence-electron chi connectivity index (χ1n) is 12.5. The molecule has 3 aromatic carbocycles. The van der Waals surface area contributed by atoms with E-state index in [2.05, 4.69) is 23.5 Å². The number of halogens is 3. The first-order chi connectivity index (χ1) is 17.0. The van der Waals surface area contributed by atoms with Crippen molar-refractivity contribution in [3.63, 3.8) is 0 Å². The molecular weight excluding hydrogens is 522 g/mol. The molecule has 2 fully saturated rings. The SMILES string of the molecule is FC(F)(F)c1ccccc1-c1ccc(CN2CC[N-]C(c3ccccc3)C2)cc1.O.O.[CH-]1CCCCC1.[Sc]. The van der Waals surface area contributed by atoms with E-state index in [1.165, 1.54) is 49.8 Å². The van der Waals surface area contributed by atoms with Gasteiger partial charge in [0.1, 0.15) is 0 Å². The van der Waals surface area contributed by atoms with Crippen molar-refractivity contribution in [1.82, 2.24) is 4.90 Å². The molecule has 4 nitrogen and oxygen atoms in total. The van der Waals surface area contributed by atoms with Crippen LogP contribution in [0.2, 0.25) is 0 Å². The zero-order chi connectivity index (χ0) is 24.5. The van der Waals surface area contributed by atoms with Crippen LogP contribution in [0.25, 0.3) is 16.4 Å². The van der Waals surface area contributed by atoms with Crippen molar-refractivity contribution in [2.45, 2.75) is 50.9 Å². The summed E-state index contributed by atoms with van der Waals surface area (Å²) in [5, 5.41) is 4.73. The van der Waals surface area contributed by atoms with E-state index >= 15 is 0 Å². The van der Waals surface area contributed by atoms with Gasteiger partial charge in [-0.2, -0.15) is 26.0 Å². The normalized spacial score (nSPS) is 17.5. The molecule has 1 atom stereocenters. The molecular formula is C30H37F3N2O2Sc-2. The van der Waals surface area contributed by atoms with Crippen molar-refractivity contribution in [3.8, 4) is 11.1 Å². The number of benzene rings is 3. The predicted octanol–water partition coefficient (Wildman–Crippen LogP) is 6.81. The molecule has 4 N–H and O–H groups in total. The van der Waals surface area contributed by atoms with Crippen LogP contribution in [-0.4, -0.2) is 35.5 Å². The van der Waals surface area contributed by atoms with Crippen LogP contribution in [-0.2, 0) is 38.6 Å². The van der Waals surface area contributed by atoms with Gasteiger partial charge < -0.3 is 27.6 Å². The van der Waals surface area contributed by atoms with Gasteiger partial charge in [0.25, 0.3) is 0 Å². The summed E-state index contributed by atoms with van der Waals surface area (Å²) in [6.45, 7) is 3.29. The van der Waals surface area contributed by atoms with Crippen molar-refractivity contribution in [2.75, 3.05) is 19.6 Å². The van der Waals surface area contributed by atoms with Gasteiger partial charge in [0.2, 0.25) is 0 Å². The predicted molar refractivity (Wildman–Crippen MR) is 144 cm³/mol. The molecule has 1 heterocycles. The molecule has 0 aromatic heterocycles. The van der Waals surface area contributed by atoms with Crippen LogP contribution in [0.3, 0.4) is 0 Å². The van der Waals surface area contributed by atoms with Gasteiger partial charge in [-0.15, -0.1) is 6.54 Å². The van der Waals surface area contributed by atoms with Crippen LogP contribution in [0.4, 0.5) is 13.2 Å². The van der Waals surface area contributed by atoms with Crippen LogP contribution in [0.15, 0.2) is 78.9 Å². The molecule has 1 aliphatic carbocycles. The number of rotatable bonds is 4. The molecule has 38 heavy (non-hydrogen) atoms. The van der Waals surface area contributed by atoms with Gasteiger partial charge in [0, 0.05) is 32.4 Å². The van der Waals surface area contributed by atoms with Gasteiger partial charge in [0.05, 0.1) is 5.56 Å². The van der Waals surface area contributed by atoms with Gasteiger partial charge >= 0.3 is 6.18 Å². The zero-order valence-electron chi connectivity index (χ0n) is 21.6. The summed E-state index contributed by atoms with van der Waals surface area (Å²) in [6.07, 6.45) is 5.14. The molecule has 0 amide bonds. The topological polar surface area (TPSA) is 80.3 Å². The summed E-state index contributed by atoms with van der Waals surface area (Å²) in [5.41, 5.74) is 2.50. The molecule has 1 unspecified atom stereocenters. The summed E-state index contributed by atoms with van der Waals surface area (Å²) < 4.78 is 39.9. The van der Waals surface area contributed by atoms with E-state index < -0.39 is 11.7 Å². The van der Waals surface area contributed by atoms with Crippen LogP contribution in [0.1, 0.15) is 54.8 Å². The Kier molecular flexibility index (Phi) is 15.3. The van der Waals surface area contributed by atoms with Crippen molar-refractivity contribution in [3.05, 3.63) is 107 Å². The first-order valence-corrected chi connectivity index (χ1v) is 12.5. The Balaban J connectivity index is 0.000000711. The molecule has 205 valence electrons. The van der Waals surface area contributed by atoms with Gasteiger partial charge in [-0.1, -0.05) is 104 Å². The minimum Gasteiger partial charge on any atom is -0.654 e. The van der Waals surface area contributed by atoms with Crippen LogP contribution in [0.5, 0.6) is 0 Å². The Morgan fingerprint density at radius 2 is 1.45 bits per heavy atom. The molecule has 3 aromatic rings. The number of alkyl halides is 3. The smallest absolute Gasteiger partial charge is 0.417 e. The fourth-order valence-electron chi connectivity index (χ4n) is 4.71. The third-order valence-corrected chi connectivity index (χ3v) is 6.60. The minimum absolute atomic E-state index is 0. The Hall–Kier alpha value is -1.84. The van der Waals surface area contributed by atoms with E-state index in [0.29, 0.717) is 5.56 Å². The maximum Gasteiger partial charge on any atom is 0.417 e. The Bertz CT molecular complexity index is 1030. The molecule has 1 saturated carbocycles. The maximum absolute atomic E-state index is 13.3. The summed E-state index contributed by atoms with van der Waals surface area (Å²) in [5.74, 6) is 0. The van der Waals surface area contributed by atoms with Gasteiger partial charge in [-0.05, 0) is 35.8 Å². The summed E-state index contributed by atoms with van der Waals surface area (Å²) in [4.78, 5) is 2.35. The quantitative estimate of drug-likeness (QED) is 0.324. The second kappa shape index (κ2) is 17.0. The van der Waals surface area contributed by atoms with Crippen molar-refractivity contribution < 1.29 is 50.0 Å². The average molecular weight is 560 g/mol. The number of nitrogens with zero attached hydrogens (tertiary/aromatic N) is 2. The van der Waals surface area contributed by atoms with E-state index in [0.717, 1.165) is 37.8 Å². The second-order valence-electron chi connectivity index (χ2n) is 9.23. The van der Waals surface area contributed by atoms with E-state index in [-0.39, 0.29) is 48.4 Å². The van der Waals surface area contributed by atoms with Gasteiger partial charge in [0.15, 0.2) is 0 Å². The number of hydrogen-bond acceptors (Lipinski definition) is 1. The summed E-state index contributed by atoms with van der Waals surface area (Å²) in [7, 11) is 0. The van der Waals surface area contributed by atoms with E-state index in [1.807, 2.05) is 30.3 Å². The third kappa shape index (κ3) is 10.0. The third-order valence-electron chi connectivity index (χ3n) is 6.60.